The lowest BCUT2D eigenvalue weighted by Crippen LogP contribution is -2.32. The standard InChI is InChI=1S/C14H22ClNO3S/c1-12-6-8-14(9-7-12)20(18,19)16(2)11-13(15)5-3-4-10-17/h6-9,13,17H,3-5,10-11H2,1-2H3. The number of halogens is 1. The van der Waals surface area contributed by atoms with Crippen LogP contribution in [0.2, 0.25) is 0 Å². The zero-order valence-electron chi connectivity index (χ0n) is 11.9. The van der Waals surface area contributed by atoms with Crippen molar-refractivity contribution >= 4 is 21.6 Å². The van der Waals surface area contributed by atoms with Crippen molar-refractivity contribution in [3.8, 4) is 0 Å². The SMILES string of the molecule is Cc1ccc(S(=O)(=O)N(C)CC(Cl)CCCCO)cc1. The Labute approximate surface area is 126 Å². The van der Waals surface area contributed by atoms with Crippen LogP contribution in [0.1, 0.15) is 24.8 Å². The van der Waals surface area contributed by atoms with Gasteiger partial charge >= 0.3 is 0 Å². The van der Waals surface area contributed by atoms with E-state index in [4.69, 9.17) is 16.7 Å². The van der Waals surface area contributed by atoms with Crippen molar-refractivity contribution in [3.05, 3.63) is 29.8 Å². The van der Waals surface area contributed by atoms with E-state index in [2.05, 4.69) is 0 Å². The summed E-state index contributed by atoms with van der Waals surface area (Å²) in [6, 6.07) is 6.77. The molecule has 0 saturated carbocycles. The molecule has 0 radical (unpaired) electrons. The normalized spacial score (nSPS) is 13.7. The van der Waals surface area contributed by atoms with Gasteiger partial charge < -0.3 is 5.11 Å². The molecule has 0 aliphatic rings. The molecule has 0 amide bonds. The maximum atomic E-state index is 12.3. The van der Waals surface area contributed by atoms with Crippen molar-refractivity contribution in [1.82, 2.24) is 4.31 Å². The highest BCUT2D eigenvalue weighted by Gasteiger charge is 2.22. The van der Waals surface area contributed by atoms with Crippen molar-refractivity contribution in [2.24, 2.45) is 0 Å². The first kappa shape index (κ1) is 17.4. The summed E-state index contributed by atoms with van der Waals surface area (Å²) in [5.41, 5.74) is 1.02. The Kier molecular flexibility index (Phi) is 6.95. The van der Waals surface area contributed by atoms with Crippen molar-refractivity contribution in [1.29, 1.82) is 0 Å². The molecule has 1 aromatic rings. The third-order valence-electron chi connectivity index (χ3n) is 3.11. The largest absolute Gasteiger partial charge is 0.396 e. The number of rotatable bonds is 8. The maximum absolute atomic E-state index is 12.3. The summed E-state index contributed by atoms with van der Waals surface area (Å²) < 4.78 is 26.0. The molecule has 0 aliphatic heterocycles. The fourth-order valence-corrected chi connectivity index (χ4v) is 3.50. The minimum Gasteiger partial charge on any atom is -0.396 e. The highest BCUT2D eigenvalue weighted by Crippen LogP contribution is 2.17. The summed E-state index contributed by atoms with van der Waals surface area (Å²) in [5, 5.41) is 8.47. The first-order chi connectivity index (χ1) is 9.37. The molecule has 0 aromatic heterocycles. The molecule has 0 bridgehead atoms. The third kappa shape index (κ3) is 5.05. The number of sulfonamides is 1. The summed E-state index contributed by atoms with van der Waals surface area (Å²) in [7, 11) is -1.94. The maximum Gasteiger partial charge on any atom is 0.242 e. The van der Waals surface area contributed by atoms with E-state index in [1.165, 1.54) is 11.4 Å². The molecular formula is C14H22ClNO3S. The van der Waals surface area contributed by atoms with Crippen molar-refractivity contribution < 1.29 is 13.5 Å². The summed E-state index contributed by atoms with van der Waals surface area (Å²) >= 11 is 6.14. The minimum atomic E-state index is -3.48. The number of hydrogen-bond acceptors (Lipinski definition) is 3. The Morgan fingerprint density at radius 3 is 2.40 bits per heavy atom. The molecule has 0 saturated heterocycles. The lowest BCUT2D eigenvalue weighted by atomic mass is 10.2. The Hall–Kier alpha value is -0.620. The van der Waals surface area contributed by atoms with E-state index in [9.17, 15) is 8.42 Å². The van der Waals surface area contributed by atoms with Crippen LogP contribution < -0.4 is 0 Å². The second-order valence-electron chi connectivity index (χ2n) is 4.92. The fraction of sp³-hybridized carbons (Fsp3) is 0.571. The molecule has 1 rings (SSSR count). The van der Waals surface area contributed by atoms with Gasteiger partial charge in [0.25, 0.3) is 0 Å². The number of nitrogens with zero attached hydrogens (tertiary/aromatic N) is 1. The lowest BCUT2D eigenvalue weighted by Gasteiger charge is -2.20. The van der Waals surface area contributed by atoms with Crippen LogP contribution in [0.15, 0.2) is 29.2 Å². The van der Waals surface area contributed by atoms with Gasteiger partial charge in [0.05, 0.1) is 4.90 Å². The Morgan fingerprint density at radius 2 is 1.85 bits per heavy atom. The van der Waals surface area contributed by atoms with Gasteiger partial charge in [0.1, 0.15) is 0 Å². The predicted molar refractivity (Wildman–Crippen MR) is 81.6 cm³/mol. The van der Waals surface area contributed by atoms with Gasteiger partial charge in [0, 0.05) is 25.6 Å². The van der Waals surface area contributed by atoms with Gasteiger partial charge in [-0.3, -0.25) is 0 Å². The molecule has 4 nitrogen and oxygen atoms in total. The van der Waals surface area contributed by atoms with Crippen molar-refractivity contribution in [2.75, 3.05) is 20.2 Å². The molecule has 1 N–H and O–H groups in total. The van der Waals surface area contributed by atoms with E-state index in [-0.39, 0.29) is 23.4 Å². The van der Waals surface area contributed by atoms with E-state index >= 15 is 0 Å². The van der Waals surface area contributed by atoms with Crippen LogP contribution in [0.4, 0.5) is 0 Å². The molecule has 0 aliphatic carbocycles. The van der Waals surface area contributed by atoms with Crippen LogP contribution in [0.3, 0.4) is 0 Å². The lowest BCUT2D eigenvalue weighted by molar-refractivity contribution is 0.282. The Balaban J connectivity index is 2.65. The summed E-state index contributed by atoms with van der Waals surface area (Å²) in [6.45, 7) is 2.32. The molecule has 1 atom stereocenters. The average Bonchev–Trinajstić information content (AvgIpc) is 2.39. The summed E-state index contributed by atoms with van der Waals surface area (Å²) in [4.78, 5) is 0.282. The van der Waals surface area contributed by atoms with Gasteiger partial charge in [0.15, 0.2) is 0 Å². The quantitative estimate of drug-likeness (QED) is 0.591. The molecular weight excluding hydrogens is 298 g/mol. The van der Waals surface area contributed by atoms with E-state index in [0.717, 1.165) is 12.0 Å². The number of aliphatic hydroxyl groups excluding tert-OH is 1. The number of aryl methyl sites for hydroxylation is 1. The first-order valence-electron chi connectivity index (χ1n) is 6.66. The van der Waals surface area contributed by atoms with Crippen LogP contribution in [0, 0.1) is 6.92 Å². The van der Waals surface area contributed by atoms with E-state index in [0.29, 0.717) is 12.8 Å². The number of alkyl halides is 1. The molecule has 0 heterocycles. The molecule has 20 heavy (non-hydrogen) atoms. The third-order valence-corrected chi connectivity index (χ3v) is 5.30. The second-order valence-corrected chi connectivity index (χ2v) is 7.58. The zero-order chi connectivity index (χ0) is 15.2. The summed E-state index contributed by atoms with van der Waals surface area (Å²) in [5.74, 6) is 0. The predicted octanol–water partition coefficient (Wildman–Crippen LogP) is 2.39. The van der Waals surface area contributed by atoms with Crippen LogP contribution in [-0.2, 0) is 10.0 Å². The Bertz CT molecular complexity index is 502. The van der Waals surface area contributed by atoms with Crippen LogP contribution in [0.25, 0.3) is 0 Å². The zero-order valence-corrected chi connectivity index (χ0v) is 13.5. The minimum absolute atomic E-state index is 0.140. The van der Waals surface area contributed by atoms with E-state index in [1.54, 1.807) is 24.3 Å². The highest BCUT2D eigenvalue weighted by molar-refractivity contribution is 7.89. The van der Waals surface area contributed by atoms with Gasteiger partial charge in [-0.15, -0.1) is 11.6 Å². The highest BCUT2D eigenvalue weighted by atomic mass is 35.5. The average molecular weight is 320 g/mol. The fourth-order valence-electron chi connectivity index (χ4n) is 1.84. The number of benzene rings is 1. The van der Waals surface area contributed by atoms with Crippen LogP contribution in [-0.4, -0.2) is 43.4 Å². The van der Waals surface area contributed by atoms with Crippen molar-refractivity contribution in [2.45, 2.75) is 36.5 Å². The van der Waals surface area contributed by atoms with Gasteiger partial charge in [-0.1, -0.05) is 17.7 Å². The number of unbranched alkanes of at least 4 members (excludes halogenated alkanes) is 1. The molecule has 1 aromatic carbocycles. The van der Waals surface area contributed by atoms with Gasteiger partial charge in [0.2, 0.25) is 10.0 Å². The molecule has 0 fully saturated rings. The van der Waals surface area contributed by atoms with Crippen LogP contribution in [0.5, 0.6) is 0 Å². The molecule has 0 spiro atoms. The van der Waals surface area contributed by atoms with Crippen molar-refractivity contribution in [3.63, 3.8) is 0 Å². The molecule has 6 heteroatoms. The topological polar surface area (TPSA) is 57.6 Å². The van der Waals surface area contributed by atoms with Gasteiger partial charge in [-0.25, -0.2) is 8.42 Å². The Morgan fingerprint density at radius 1 is 1.25 bits per heavy atom. The number of hydrogen-bond donors (Lipinski definition) is 1. The number of aliphatic hydroxyl groups is 1. The van der Waals surface area contributed by atoms with E-state index < -0.39 is 10.0 Å². The van der Waals surface area contributed by atoms with Gasteiger partial charge in [-0.2, -0.15) is 4.31 Å². The monoisotopic (exact) mass is 319 g/mol. The van der Waals surface area contributed by atoms with Gasteiger partial charge in [-0.05, 0) is 38.3 Å². The second kappa shape index (κ2) is 7.98. The molecule has 114 valence electrons. The van der Waals surface area contributed by atoms with Crippen LogP contribution >= 0.6 is 11.6 Å². The first-order valence-corrected chi connectivity index (χ1v) is 8.53. The summed E-state index contributed by atoms with van der Waals surface area (Å²) in [6.07, 6.45) is 2.18. The molecule has 1 unspecified atom stereocenters. The van der Waals surface area contributed by atoms with E-state index in [1.807, 2.05) is 6.92 Å². The smallest absolute Gasteiger partial charge is 0.242 e.